The lowest BCUT2D eigenvalue weighted by atomic mass is 9.92. The normalized spacial score (nSPS) is 28.4. The van der Waals surface area contributed by atoms with Gasteiger partial charge in [0.1, 0.15) is 0 Å². The van der Waals surface area contributed by atoms with E-state index in [1.165, 1.54) is 19.3 Å². The summed E-state index contributed by atoms with van der Waals surface area (Å²) in [6, 6.07) is 0. The van der Waals surface area contributed by atoms with Gasteiger partial charge in [-0.25, -0.2) is 0 Å². The Balaban J connectivity index is 2.27. The lowest BCUT2D eigenvalue weighted by Gasteiger charge is -2.13. The van der Waals surface area contributed by atoms with E-state index in [-0.39, 0.29) is 0 Å². The van der Waals surface area contributed by atoms with Gasteiger partial charge in [0.25, 0.3) is 0 Å². The van der Waals surface area contributed by atoms with Crippen molar-refractivity contribution in [2.45, 2.75) is 25.7 Å². The summed E-state index contributed by atoms with van der Waals surface area (Å²) in [4.78, 5) is 0. The monoisotopic (exact) mass is 108 g/mol. The summed E-state index contributed by atoms with van der Waals surface area (Å²) in [6.07, 6.45) is 9.09. The second kappa shape index (κ2) is 2.91. The number of hydrogen-bond acceptors (Lipinski definition) is 0. The van der Waals surface area contributed by atoms with E-state index in [0.29, 0.717) is 0 Å². The van der Waals surface area contributed by atoms with E-state index < -0.39 is 0 Å². The molecule has 0 aliphatic heterocycles. The minimum Gasteiger partial charge on any atom is -0.0885 e. The van der Waals surface area contributed by atoms with Crippen molar-refractivity contribution in [3.8, 4) is 0 Å². The minimum atomic E-state index is 0.778. The molecule has 1 unspecified atom stereocenters. The Morgan fingerprint density at radius 3 is 2.75 bits per heavy atom. The van der Waals surface area contributed by atoms with Crippen molar-refractivity contribution in [1.29, 1.82) is 0 Å². The average Bonchev–Trinajstić information content (AvgIpc) is 1.90. The molecule has 0 aromatic heterocycles. The zero-order chi connectivity index (χ0) is 5.82. The topological polar surface area (TPSA) is 0 Å². The van der Waals surface area contributed by atoms with Gasteiger partial charge in [0.2, 0.25) is 0 Å². The van der Waals surface area contributed by atoms with E-state index in [9.17, 15) is 0 Å². The van der Waals surface area contributed by atoms with Crippen LogP contribution in [0.1, 0.15) is 25.7 Å². The molecule has 0 aromatic carbocycles. The van der Waals surface area contributed by atoms with E-state index in [1.54, 1.807) is 0 Å². The van der Waals surface area contributed by atoms with Gasteiger partial charge in [-0.05, 0) is 38.5 Å². The Kier molecular flexibility index (Phi) is 2.13. The highest BCUT2D eigenvalue weighted by molar-refractivity contribution is 4.89. The van der Waals surface area contributed by atoms with Crippen molar-refractivity contribution in [3.63, 3.8) is 0 Å². The molecule has 0 bridgehead atoms. The third-order valence-corrected chi connectivity index (χ3v) is 1.71. The molecule has 8 heavy (non-hydrogen) atoms. The summed E-state index contributed by atoms with van der Waals surface area (Å²) in [5.41, 5.74) is 0. The first-order valence-corrected chi connectivity index (χ1v) is 3.28. The smallest absolute Gasteiger partial charge is 0.0322 e. The van der Waals surface area contributed by atoms with Crippen LogP contribution < -0.4 is 0 Å². The fourth-order valence-corrected chi connectivity index (χ4v) is 1.07. The Morgan fingerprint density at radius 1 is 1.50 bits per heavy atom. The van der Waals surface area contributed by atoms with Crippen LogP contribution in [-0.2, 0) is 0 Å². The Bertz CT molecular complexity index is 82.0. The summed E-state index contributed by atoms with van der Waals surface area (Å²) in [5.74, 6) is 0.778. The first-order valence-electron chi connectivity index (χ1n) is 3.28. The fourth-order valence-electron chi connectivity index (χ4n) is 1.07. The summed E-state index contributed by atoms with van der Waals surface area (Å²) in [5, 5.41) is 0. The summed E-state index contributed by atoms with van der Waals surface area (Å²) in [7, 11) is 0. The van der Waals surface area contributed by atoms with Crippen molar-refractivity contribution in [1.82, 2.24) is 0 Å². The van der Waals surface area contributed by atoms with Gasteiger partial charge in [-0.3, -0.25) is 0 Å². The van der Waals surface area contributed by atoms with Crippen molar-refractivity contribution < 1.29 is 0 Å². The number of hydrogen-bond donors (Lipinski definition) is 0. The second-order valence-corrected chi connectivity index (χ2v) is 2.39. The largest absolute Gasteiger partial charge is 0.0885 e. The van der Waals surface area contributed by atoms with Gasteiger partial charge in [-0.1, -0.05) is 12.2 Å². The molecule has 0 fully saturated rings. The summed E-state index contributed by atoms with van der Waals surface area (Å²) in [6.45, 7) is 5.47. The van der Waals surface area contributed by atoms with Crippen LogP contribution in [0, 0.1) is 12.8 Å². The van der Waals surface area contributed by atoms with Crippen LogP contribution >= 0.6 is 0 Å². The van der Waals surface area contributed by atoms with Gasteiger partial charge in [-0.2, -0.15) is 0 Å². The highest BCUT2D eigenvalue weighted by Gasteiger charge is 2.05. The van der Waals surface area contributed by atoms with E-state index in [0.717, 1.165) is 12.3 Å². The standard InChI is InChI=1S/C8H12/c1-2-8-6-4-3-5-7-8/h1,3-4,8H,2,5-7H2. The molecule has 1 rings (SSSR count). The van der Waals surface area contributed by atoms with Gasteiger partial charge in [0, 0.05) is 0 Å². The molecule has 0 aromatic rings. The maximum absolute atomic E-state index is 5.47. The SMILES string of the molecule is [CH]CC1CC=CCC1. The molecular weight excluding hydrogens is 96.1 g/mol. The van der Waals surface area contributed by atoms with Gasteiger partial charge >= 0.3 is 0 Å². The highest BCUT2D eigenvalue weighted by Crippen LogP contribution is 2.19. The molecule has 44 valence electrons. The zero-order valence-electron chi connectivity index (χ0n) is 5.14. The van der Waals surface area contributed by atoms with Crippen LogP contribution in [0.25, 0.3) is 0 Å². The van der Waals surface area contributed by atoms with Crippen LogP contribution in [0.15, 0.2) is 12.2 Å². The van der Waals surface area contributed by atoms with E-state index in [4.69, 9.17) is 6.92 Å². The molecule has 0 heteroatoms. The third-order valence-electron chi connectivity index (χ3n) is 1.71. The molecular formula is C8H12. The molecule has 0 saturated carbocycles. The summed E-state index contributed by atoms with van der Waals surface area (Å²) >= 11 is 0. The number of rotatable bonds is 1. The molecule has 0 heterocycles. The van der Waals surface area contributed by atoms with Crippen molar-refractivity contribution in [2.75, 3.05) is 0 Å². The predicted molar refractivity (Wildman–Crippen MR) is 35.4 cm³/mol. The molecule has 0 nitrogen and oxygen atoms in total. The lowest BCUT2D eigenvalue weighted by Crippen LogP contribution is -1.99. The first kappa shape index (κ1) is 5.87. The fraction of sp³-hybridized carbons (Fsp3) is 0.625. The van der Waals surface area contributed by atoms with Crippen LogP contribution in [-0.4, -0.2) is 0 Å². The van der Waals surface area contributed by atoms with Crippen molar-refractivity contribution in [3.05, 3.63) is 19.1 Å². The molecule has 1 aliphatic rings. The maximum Gasteiger partial charge on any atom is -0.0322 e. The Morgan fingerprint density at radius 2 is 2.38 bits per heavy atom. The van der Waals surface area contributed by atoms with E-state index in [2.05, 4.69) is 12.2 Å². The van der Waals surface area contributed by atoms with Gasteiger partial charge in [0.05, 0.1) is 0 Å². The number of allylic oxidation sites excluding steroid dienone is 2. The highest BCUT2D eigenvalue weighted by atomic mass is 14.1. The molecule has 1 atom stereocenters. The average molecular weight is 108 g/mol. The van der Waals surface area contributed by atoms with E-state index >= 15 is 0 Å². The van der Waals surface area contributed by atoms with E-state index in [1.807, 2.05) is 0 Å². The van der Waals surface area contributed by atoms with Crippen molar-refractivity contribution >= 4 is 0 Å². The maximum atomic E-state index is 5.47. The van der Waals surface area contributed by atoms with Gasteiger partial charge < -0.3 is 0 Å². The van der Waals surface area contributed by atoms with Crippen LogP contribution in [0.2, 0.25) is 0 Å². The molecule has 0 amide bonds. The molecule has 1 aliphatic carbocycles. The Hall–Kier alpha value is -0.260. The minimum absolute atomic E-state index is 0.778. The Labute approximate surface area is 51.6 Å². The van der Waals surface area contributed by atoms with Crippen molar-refractivity contribution in [2.24, 2.45) is 5.92 Å². The zero-order valence-corrected chi connectivity index (χ0v) is 5.14. The molecule has 2 radical (unpaired) electrons. The second-order valence-electron chi connectivity index (χ2n) is 2.39. The molecule has 0 N–H and O–H groups in total. The van der Waals surface area contributed by atoms with Crippen LogP contribution in [0.4, 0.5) is 0 Å². The van der Waals surface area contributed by atoms with Gasteiger partial charge in [-0.15, -0.1) is 0 Å². The molecule has 0 saturated heterocycles. The quantitative estimate of drug-likeness (QED) is 0.452. The molecule has 0 spiro atoms. The summed E-state index contributed by atoms with van der Waals surface area (Å²) < 4.78 is 0. The lowest BCUT2D eigenvalue weighted by molar-refractivity contribution is 0.484. The van der Waals surface area contributed by atoms with Crippen LogP contribution in [0.5, 0.6) is 0 Å². The van der Waals surface area contributed by atoms with Gasteiger partial charge in [0.15, 0.2) is 0 Å². The third kappa shape index (κ3) is 1.36. The van der Waals surface area contributed by atoms with Crippen LogP contribution in [0.3, 0.4) is 0 Å². The predicted octanol–water partition coefficient (Wildman–Crippen LogP) is 2.44. The first-order chi connectivity index (χ1) is 3.93.